The van der Waals surface area contributed by atoms with E-state index in [1.807, 2.05) is 4.52 Å². The smallest absolute Gasteiger partial charge is 0.234 e. The molecule has 3 heterocycles. The van der Waals surface area contributed by atoms with Crippen LogP contribution in [0.4, 0.5) is 0 Å². The Balaban J connectivity index is 1.43. The van der Waals surface area contributed by atoms with E-state index in [4.69, 9.17) is 9.84 Å². The summed E-state index contributed by atoms with van der Waals surface area (Å²) in [5, 5.41) is 17.1. The number of aromatic nitrogens is 4. The van der Waals surface area contributed by atoms with Crippen LogP contribution in [0, 0.1) is 0 Å². The van der Waals surface area contributed by atoms with Crippen molar-refractivity contribution in [1.29, 1.82) is 0 Å². The van der Waals surface area contributed by atoms with Crippen molar-refractivity contribution in [2.45, 2.75) is 13.0 Å². The molecule has 7 heteroatoms. The number of hydrogen-bond acceptors (Lipinski definition) is 6. The molecule has 6 nitrogen and oxygen atoms in total. The summed E-state index contributed by atoms with van der Waals surface area (Å²) in [6.07, 6.45) is 0.812. The van der Waals surface area contributed by atoms with Crippen LogP contribution in [0.25, 0.3) is 15.7 Å². The lowest BCUT2D eigenvalue weighted by Crippen LogP contribution is -2.36. The van der Waals surface area contributed by atoms with Gasteiger partial charge in [0.1, 0.15) is 5.01 Å². The summed E-state index contributed by atoms with van der Waals surface area (Å²) in [5.41, 5.74) is 1.29. The minimum absolute atomic E-state index is 0.766. The van der Waals surface area contributed by atoms with Crippen molar-refractivity contribution in [2.75, 3.05) is 26.3 Å². The molecule has 0 radical (unpaired) electrons. The van der Waals surface area contributed by atoms with Crippen LogP contribution in [0.2, 0.25) is 0 Å². The van der Waals surface area contributed by atoms with Crippen LogP contribution < -0.4 is 0 Å². The van der Waals surface area contributed by atoms with E-state index in [-0.39, 0.29) is 0 Å². The van der Waals surface area contributed by atoms with Gasteiger partial charge in [0.15, 0.2) is 5.82 Å². The Morgan fingerprint density at radius 1 is 1.00 bits per heavy atom. The molecule has 0 bridgehead atoms. The lowest BCUT2D eigenvalue weighted by molar-refractivity contribution is 0.0328. The first kappa shape index (κ1) is 15.9. The van der Waals surface area contributed by atoms with Crippen molar-refractivity contribution in [2.24, 2.45) is 0 Å². The SMILES string of the molecule is c1ccc2c(Cc3nn4c(CN5CCOCC5)nnc4s3)cccc2c1. The molecule has 4 aromatic rings. The second kappa shape index (κ2) is 6.75. The lowest BCUT2D eigenvalue weighted by Gasteiger charge is -2.25. The maximum absolute atomic E-state index is 5.41. The Morgan fingerprint density at radius 2 is 1.85 bits per heavy atom. The van der Waals surface area contributed by atoms with E-state index in [1.165, 1.54) is 16.3 Å². The summed E-state index contributed by atoms with van der Waals surface area (Å²) in [4.78, 5) is 3.20. The normalized spacial score (nSPS) is 15.8. The molecule has 1 fully saturated rings. The average molecular weight is 365 g/mol. The molecule has 0 amide bonds. The van der Waals surface area contributed by atoms with E-state index in [0.29, 0.717) is 0 Å². The molecule has 0 saturated carbocycles. The summed E-state index contributed by atoms with van der Waals surface area (Å²) < 4.78 is 7.32. The predicted molar refractivity (Wildman–Crippen MR) is 102 cm³/mol. The Kier molecular flexibility index (Phi) is 4.12. The van der Waals surface area contributed by atoms with E-state index in [2.05, 4.69) is 57.6 Å². The number of rotatable bonds is 4. The average Bonchev–Trinajstić information content (AvgIpc) is 3.24. The van der Waals surface area contributed by atoms with Gasteiger partial charge in [0.2, 0.25) is 4.96 Å². The van der Waals surface area contributed by atoms with Crippen LogP contribution in [0.5, 0.6) is 0 Å². The van der Waals surface area contributed by atoms with Gasteiger partial charge in [0.05, 0.1) is 19.8 Å². The van der Waals surface area contributed by atoms with Gasteiger partial charge < -0.3 is 4.74 Å². The molecule has 2 aromatic heterocycles. The first-order valence-electron chi connectivity index (χ1n) is 8.83. The first-order chi connectivity index (χ1) is 12.9. The fraction of sp³-hybridized carbons (Fsp3) is 0.316. The fourth-order valence-corrected chi connectivity index (χ4v) is 4.31. The number of hydrogen-bond donors (Lipinski definition) is 0. The molecule has 5 rings (SSSR count). The Bertz CT molecular complexity index is 1050. The fourth-order valence-electron chi connectivity index (χ4n) is 3.44. The standard InChI is InChI=1S/C19H19N5OS/c1-2-7-16-14(4-1)5-3-6-15(16)12-18-22-24-17(20-21-19(24)26-18)13-23-8-10-25-11-9-23/h1-7H,8-13H2. The number of fused-ring (bicyclic) bond motifs is 2. The topological polar surface area (TPSA) is 55.5 Å². The van der Waals surface area contributed by atoms with Crippen molar-refractivity contribution < 1.29 is 4.74 Å². The van der Waals surface area contributed by atoms with Crippen LogP contribution in [-0.2, 0) is 17.7 Å². The van der Waals surface area contributed by atoms with E-state index in [0.717, 1.165) is 55.1 Å². The third-order valence-corrected chi connectivity index (χ3v) is 5.69. The maximum Gasteiger partial charge on any atom is 0.234 e. The van der Waals surface area contributed by atoms with E-state index in [9.17, 15) is 0 Å². The molecular weight excluding hydrogens is 346 g/mol. The third-order valence-electron chi connectivity index (χ3n) is 4.79. The van der Waals surface area contributed by atoms with Gasteiger partial charge in [-0.25, -0.2) is 0 Å². The molecule has 132 valence electrons. The summed E-state index contributed by atoms with van der Waals surface area (Å²) in [6, 6.07) is 14.9. The van der Waals surface area contributed by atoms with Crippen LogP contribution >= 0.6 is 11.3 Å². The van der Waals surface area contributed by atoms with Crippen molar-refractivity contribution in [3.63, 3.8) is 0 Å². The van der Waals surface area contributed by atoms with Crippen molar-refractivity contribution in [1.82, 2.24) is 24.7 Å². The first-order valence-corrected chi connectivity index (χ1v) is 9.65. The Morgan fingerprint density at radius 3 is 2.77 bits per heavy atom. The quantitative estimate of drug-likeness (QED) is 0.557. The molecule has 1 aliphatic heterocycles. The highest BCUT2D eigenvalue weighted by atomic mass is 32.1. The number of nitrogens with zero attached hydrogens (tertiary/aromatic N) is 5. The Hall–Kier alpha value is -2.35. The van der Waals surface area contributed by atoms with Crippen molar-refractivity contribution in [3.05, 3.63) is 58.9 Å². The summed E-state index contributed by atoms with van der Waals surface area (Å²) in [6.45, 7) is 4.20. The van der Waals surface area contributed by atoms with Gasteiger partial charge in [0.25, 0.3) is 0 Å². The minimum Gasteiger partial charge on any atom is -0.379 e. The van der Waals surface area contributed by atoms with E-state index in [1.54, 1.807) is 11.3 Å². The highest BCUT2D eigenvalue weighted by molar-refractivity contribution is 7.16. The summed E-state index contributed by atoms with van der Waals surface area (Å²) >= 11 is 1.62. The highest BCUT2D eigenvalue weighted by Crippen LogP contribution is 2.24. The van der Waals surface area contributed by atoms with Gasteiger partial charge in [0, 0.05) is 19.5 Å². The van der Waals surface area contributed by atoms with Crippen molar-refractivity contribution >= 4 is 27.1 Å². The van der Waals surface area contributed by atoms with E-state index >= 15 is 0 Å². The van der Waals surface area contributed by atoms with Gasteiger partial charge in [-0.2, -0.15) is 9.61 Å². The van der Waals surface area contributed by atoms with Crippen LogP contribution in [0.15, 0.2) is 42.5 Å². The highest BCUT2D eigenvalue weighted by Gasteiger charge is 2.17. The number of ether oxygens (including phenoxy) is 1. The second-order valence-electron chi connectivity index (χ2n) is 6.51. The number of morpholine rings is 1. The molecule has 26 heavy (non-hydrogen) atoms. The second-order valence-corrected chi connectivity index (χ2v) is 7.55. The molecule has 0 spiro atoms. The molecule has 0 unspecified atom stereocenters. The summed E-state index contributed by atoms with van der Waals surface area (Å²) in [5.74, 6) is 0.905. The zero-order chi connectivity index (χ0) is 17.3. The van der Waals surface area contributed by atoms with Crippen LogP contribution in [-0.4, -0.2) is 51.0 Å². The monoisotopic (exact) mass is 365 g/mol. The minimum atomic E-state index is 0.766. The molecule has 2 aromatic carbocycles. The molecule has 0 N–H and O–H groups in total. The molecule has 1 saturated heterocycles. The van der Waals surface area contributed by atoms with Crippen LogP contribution in [0.1, 0.15) is 16.4 Å². The number of benzene rings is 2. The largest absolute Gasteiger partial charge is 0.379 e. The van der Waals surface area contributed by atoms with Crippen LogP contribution in [0.3, 0.4) is 0 Å². The zero-order valence-electron chi connectivity index (χ0n) is 14.3. The predicted octanol–water partition coefficient (Wildman–Crippen LogP) is 2.76. The molecule has 1 aliphatic rings. The molecule has 0 atom stereocenters. The Labute approximate surface area is 155 Å². The zero-order valence-corrected chi connectivity index (χ0v) is 15.2. The summed E-state index contributed by atoms with van der Waals surface area (Å²) in [7, 11) is 0. The van der Waals surface area contributed by atoms with Gasteiger partial charge in [-0.15, -0.1) is 10.2 Å². The third kappa shape index (κ3) is 2.98. The van der Waals surface area contributed by atoms with Crippen molar-refractivity contribution in [3.8, 4) is 0 Å². The van der Waals surface area contributed by atoms with E-state index < -0.39 is 0 Å². The van der Waals surface area contributed by atoms with Gasteiger partial charge in [-0.05, 0) is 16.3 Å². The van der Waals surface area contributed by atoms with Gasteiger partial charge >= 0.3 is 0 Å². The van der Waals surface area contributed by atoms with Gasteiger partial charge in [-0.1, -0.05) is 53.8 Å². The van der Waals surface area contributed by atoms with Gasteiger partial charge in [-0.3, -0.25) is 4.90 Å². The maximum atomic E-state index is 5.41. The lowest BCUT2D eigenvalue weighted by atomic mass is 10.0. The molecule has 0 aliphatic carbocycles. The molecular formula is C19H19N5OS.